The third-order valence-corrected chi connectivity index (χ3v) is 4.74. The van der Waals surface area contributed by atoms with Gasteiger partial charge in [-0.3, -0.25) is 14.5 Å². The van der Waals surface area contributed by atoms with Gasteiger partial charge in [-0.25, -0.2) is 4.79 Å². The second-order valence-electron chi connectivity index (χ2n) is 6.88. The van der Waals surface area contributed by atoms with Gasteiger partial charge in [0.25, 0.3) is 5.91 Å². The molecule has 4 amide bonds. The van der Waals surface area contributed by atoms with Crippen LogP contribution in [-0.4, -0.2) is 48.0 Å². The maximum atomic E-state index is 12.7. The molecule has 142 valence electrons. The van der Waals surface area contributed by atoms with Crippen LogP contribution in [0.25, 0.3) is 0 Å². The number of benzene rings is 1. The number of hydrogen-bond acceptors (Lipinski definition) is 4. The Labute approximate surface area is 154 Å². The lowest BCUT2D eigenvalue weighted by molar-refractivity contribution is -0.134. The van der Waals surface area contributed by atoms with Gasteiger partial charge in [0.1, 0.15) is 17.8 Å². The summed E-state index contributed by atoms with van der Waals surface area (Å²) in [7, 11) is 1.61. The maximum Gasteiger partial charge on any atom is 0.325 e. The van der Waals surface area contributed by atoms with E-state index in [0.717, 1.165) is 22.6 Å². The van der Waals surface area contributed by atoms with Gasteiger partial charge in [-0.1, -0.05) is 19.1 Å². The highest BCUT2D eigenvalue weighted by atomic mass is 16.5. The molecule has 0 bridgehead atoms. The molecule has 0 aliphatic carbocycles. The number of rotatable bonds is 8. The first-order chi connectivity index (χ1) is 12.3. The molecule has 0 unspecified atom stereocenters. The Hall–Kier alpha value is -2.57. The van der Waals surface area contributed by atoms with E-state index in [1.807, 2.05) is 38.1 Å². The molecule has 7 nitrogen and oxygen atoms in total. The SMILES string of the molecule is CC[C@@H](C)NC(=O)CN1C(=O)N[C@@](C)(CCc2ccc(OC)cc2)C1=O. The summed E-state index contributed by atoms with van der Waals surface area (Å²) in [6.07, 6.45) is 1.86. The molecule has 1 heterocycles. The fraction of sp³-hybridized carbons (Fsp3) is 0.526. The fourth-order valence-electron chi connectivity index (χ4n) is 2.81. The number of carbonyl (C=O) groups excluding carboxylic acids is 3. The largest absolute Gasteiger partial charge is 0.497 e. The summed E-state index contributed by atoms with van der Waals surface area (Å²) in [4.78, 5) is 37.9. The van der Waals surface area contributed by atoms with Crippen LogP contribution < -0.4 is 15.4 Å². The number of carbonyl (C=O) groups is 3. The molecule has 26 heavy (non-hydrogen) atoms. The molecule has 0 aromatic heterocycles. The minimum atomic E-state index is -1.01. The molecule has 1 aliphatic rings. The van der Waals surface area contributed by atoms with E-state index in [0.29, 0.717) is 12.8 Å². The molecule has 2 rings (SSSR count). The third-order valence-electron chi connectivity index (χ3n) is 4.74. The summed E-state index contributed by atoms with van der Waals surface area (Å²) in [5.41, 5.74) is 0.0373. The molecule has 0 radical (unpaired) electrons. The van der Waals surface area contributed by atoms with Crippen LogP contribution in [0.1, 0.15) is 39.2 Å². The zero-order valence-electron chi connectivity index (χ0n) is 15.8. The van der Waals surface area contributed by atoms with Crippen LogP contribution in [0.15, 0.2) is 24.3 Å². The van der Waals surface area contributed by atoms with Crippen molar-refractivity contribution in [1.82, 2.24) is 15.5 Å². The number of amides is 4. The normalized spacial score (nSPS) is 20.7. The van der Waals surface area contributed by atoms with E-state index in [9.17, 15) is 14.4 Å². The van der Waals surface area contributed by atoms with E-state index in [1.54, 1.807) is 14.0 Å². The Morgan fingerprint density at radius 1 is 1.31 bits per heavy atom. The molecule has 0 saturated carbocycles. The van der Waals surface area contributed by atoms with Gasteiger partial charge in [0.2, 0.25) is 5.91 Å². The number of aryl methyl sites for hydroxylation is 1. The van der Waals surface area contributed by atoms with E-state index in [1.165, 1.54) is 0 Å². The molecule has 0 spiro atoms. The van der Waals surface area contributed by atoms with Crippen LogP contribution in [0.3, 0.4) is 0 Å². The van der Waals surface area contributed by atoms with Crippen molar-refractivity contribution in [3.8, 4) is 5.75 Å². The van der Waals surface area contributed by atoms with Crippen LogP contribution in [0.5, 0.6) is 5.75 Å². The van der Waals surface area contributed by atoms with Gasteiger partial charge >= 0.3 is 6.03 Å². The van der Waals surface area contributed by atoms with Crippen molar-refractivity contribution < 1.29 is 19.1 Å². The summed E-state index contributed by atoms with van der Waals surface area (Å²) in [5, 5.41) is 5.50. The van der Waals surface area contributed by atoms with Crippen LogP contribution in [0.2, 0.25) is 0 Å². The van der Waals surface area contributed by atoms with Crippen LogP contribution in [0.4, 0.5) is 4.79 Å². The topological polar surface area (TPSA) is 87.7 Å². The minimum Gasteiger partial charge on any atom is -0.497 e. The first kappa shape index (κ1) is 19.8. The number of hydrogen-bond donors (Lipinski definition) is 2. The van der Waals surface area contributed by atoms with Gasteiger partial charge in [0, 0.05) is 6.04 Å². The predicted octanol–water partition coefficient (Wildman–Crippen LogP) is 1.85. The highest BCUT2D eigenvalue weighted by Gasteiger charge is 2.47. The van der Waals surface area contributed by atoms with Crippen molar-refractivity contribution in [2.45, 2.75) is 51.6 Å². The average molecular weight is 361 g/mol. The monoisotopic (exact) mass is 361 g/mol. The summed E-state index contributed by atoms with van der Waals surface area (Å²) in [6, 6.07) is 7.06. The van der Waals surface area contributed by atoms with Gasteiger partial charge in [0.15, 0.2) is 0 Å². The number of imide groups is 1. The molecular weight excluding hydrogens is 334 g/mol. The lowest BCUT2D eigenvalue weighted by atomic mass is 9.93. The number of ether oxygens (including phenoxy) is 1. The van der Waals surface area contributed by atoms with Crippen molar-refractivity contribution in [2.75, 3.05) is 13.7 Å². The lowest BCUT2D eigenvalue weighted by Gasteiger charge is -2.22. The summed E-state index contributed by atoms with van der Waals surface area (Å²) in [5.74, 6) is 0.0706. The van der Waals surface area contributed by atoms with Gasteiger partial charge in [-0.15, -0.1) is 0 Å². The molecular formula is C19H27N3O4. The molecule has 1 saturated heterocycles. The Balaban J connectivity index is 1.97. The summed E-state index contributed by atoms with van der Waals surface area (Å²) < 4.78 is 5.13. The number of nitrogens with zero attached hydrogens (tertiary/aromatic N) is 1. The second kappa shape index (κ2) is 8.21. The predicted molar refractivity (Wildman–Crippen MR) is 97.9 cm³/mol. The van der Waals surface area contributed by atoms with Gasteiger partial charge in [0.05, 0.1) is 7.11 Å². The average Bonchev–Trinajstić information content (AvgIpc) is 2.83. The van der Waals surface area contributed by atoms with E-state index < -0.39 is 11.6 Å². The first-order valence-electron chi connectivity index (χ1n) is 8.85. The van der Waals surface area contributed by atoms with Crippen molar-refractivity contribution in [2.24, 2.45) is 0 Å². The van der Waals surface area contributed by atoms with E-state index in [-0.39, 0.29) is 24.4 Å². The standard InChI is InChI=1S/C19H27N3O4/c1-5-13(2)20-16(23)12-22-17(24)19(3,21-18(22)25)11-10-14-6-8-15(26-4)9-7-14/h6-9,13H,5,10-12H2,1-4H3,(H,20,23)(H,21,25)/t13-,19+/m1/s1. The highest BCUT2D eigenvalue weighted by Crippen LogP contribution is 2.24. The maximum absolute atomic E-state index is 12.7. The zero-order chi connectivity index (χ0) is 19.3. The molecule has 1 aromatic carbocycles. The van der Waals surface area contributed by atoms with Crippen LogP contribution in [0, 0.1) is 0 Å². The van der Waals surface area contributed by atoms with Crippen molar-refractivity contribution in [3.05, 3.63) is 29.8 Å². The lowest BCUT2D eigenvalue weighted by Crippen LogP contribution is -2.46. The van der Waals surface area contributed by atoms with Gasteiger partial charge in [-0.2, -0.15) is 0 Å². The third kappa shape index (κ3) is 4.53. The number of methoxy groups -OCH3 is 1. The van der Waals surface area contributed by atoms with Crippen LogP contribution in [-0.2, 0) is 16.0 Å². The number of nitrogens with one attached hydrogen (secondary N) is 2. The Morgan fingerprint density at radius 3 is 2.54 bits per heavy atom. The fourth-order valence-corrected chi connectivity index (χ4v) is 2.81. The minimum absolute atomic E-state index is 0.00437. The molecule has 1 fully saturated rings. The van der Waals surface area contributed by atoms with E-state index >= 15 is 0 Å². The van der Waals surface area contributed by atoms with E-state index in [4.69, 9.17) is 4.74 Å². The Bertz CT molecular complexity index is 674. The molecule has 1 aromatic rings. The quantitative estimate of drug-likeness (QED) is 0.692. The smallest absolute Gasteiger partial charge is 0.325 e. The summed E-state index contributed by atoms with van der Waals surface area (Å²) >= 11 is 0. The van der Waals surface area contributed by atoms with Crippen molar-refractivity contribution in [3.63, 3.8) is 0 Å². The Morgan fingerprint density at radius 2 is 1.96 bits per heavy atom. The number of urea groups is 1. The highest BCUT2D eigenvalue weighted by molar-refractivity contribution is 6.08. The van der Waals surface area contributed by atoms with Gasteiger partial charge in [-0.05, 0) is 50.8 Å². The van der Waals surface area contributed by atoms with Gasteiger partial charge < -0.3 is 15.4 Å². The zero-order valence-corrected chi connectivity index (χ0v) is 15.8. The molecule has 2 atom stereocenters. The molecule has 1 aliphatic heterocycles. The molecule has 7 heteroatoms. The second-order valence-corrected chi connectivity index (χ2v) is 6.88. The van der Waals surface area contributed by atoms with E-state index in [2.05, 4.69) is 10.6 Å². The van der Waals surface area contributed by atoms with Crippen molar-refractivity contribution in [1.29, 1.82) is 0 Å². The summed E-state index contributed by atoms with van der Waals surface area (Å²) in [6.45, 7) is 5.27. The molecule has 2 N–H and O–H groups in total. The Kier molecular flexibility index (Phi) is 6.23. The van der Waals surface area contributed by atoms with Crippen LogP contribution >= 0.6 is 0 Å². The van der Waals surface area contributed by atoms with Crippen molar-refractivity contribution >= 4 is 17.8 Å². The first-order valence-corrected chi connectivity index (χ1v) is 8.85.